The zero-order valence-corrected chi connectivity index (χ0v) is 13.6. The molecule has 0 aliphatic carbocycles. The lowest BCUT2D eigenvalue weighted by molar-refractivity contribution is 0.0685. The fraction of sp³-hybridized carbons (Fsp3) is 0.267. The Morgan fingerprint density at radius 3 is 2.57 bits per heavy atom. The number of sulfonamides is 1. The highest BCUT2D eigenvalue weighted by atomic mass is 32.2. The number of rotatable bonds is 7. The molecule has 0 aliphatic heterocycles. The van der Waals surface area contributed by atoms with Gasteiger partial charge >= 0.3 is 5.97 Å². The number of nitrogens with zero attached hydrogens (tertiary/aromatic N) is 1. The average molecular weight is 338 g/mol. The quantitative estimate of drug-likeness (QED) is 0.792. The van der Waals surface area contributed by atoms with Crippen molar-refractivity contribution in [2.24, 2.45) is 7.05 Å². The first kappa shape index (κ1) is 17.0. The summed E-state index contributed by atoms with van der Waals surface area (Å²) in [6.07, 6.45) is 0.458. The highest BCUT2D eigenvalue weighted by Gasteiger charge is 2.21. The first-order chi connectivity index (χ1) is 10.9. The zero-order chi connectivity index (χ0) is 17.0. The molecule has 2 aromatic rings. The third-order valence-electron chi connectivity index (χ3n) is 3.45. The van der Waals surface area contributed by atoms with Gasteiger partial charge in [-0.2, -0.15) is 0 Å². The van der Waals surface area contributed by atoms with Crippen molar-refractivity contribution in [1.82, 2.24) is 9.29 Å². The van der Waals surface area contributed by atoms with E-state index in [1.165, 1.54) is 19.2 Å². The lowest BCUT2D eigenvalue weighted by Gasteiger charge is -2.10. The van der Waals surface area contributed by atoms with Crippen molar-refractivity contribution >= 4 is 16.0 Å². The first-order valence-electron chi connectivity index (χ1n) is 6.87. The molecule has 23 heavy (non-hydrogen) atoms. The number of methoxy groups -OCH3 is 1. The summed E-state index contributed by atoms with van der Waals surface area (Å²) >= 11 is 0. The Kier molecular flexibility index (Phi) is 5.07. The van der Waals surface area contributed by atoms with Crippen molar-refractivity contribution in [3.63, 3.8) is 0 Å². The molecule has 0 saturated heterocycles. The van der Waals surface area contributed by atoms with Gasteiger partial charge in [0.25, 0.3) is 10.0 Å². The predicted octanol–water partition coefficient (Wildman–Crippen LogP) is 1.25. The maximum Gasteiger partial charge on any atom is 0.352 e. The summed E-state index contributed by atoms with van der Waals surface area (Å²) in [7, 11) is -0.828. The summed E-state index contributed by atoms with van der Waals surface area (Å²) in [4.78, 5) is 11.0. The second-order valence-electron chi connectivity index (χ2n) is 4.88. The Morgan fingerprint density at radius 1 is 1.26 bits per heavy atom. The van der Waals surface area contributed by atoms with Gasteiger partial charge in [-0.1, -0.05) is 18.2 Å². The van der Waals surface area contributed by atoms with Gasteiger partial charge in [0, 0.05) is 13.6 Å². The molecule has 1 aromatic carbocycles. The summed E-state index contributed by atoms with van der Waals surface area (Å²) in [6.45, 7) is 0.177. The molecule has 1 aromatic heterocycles. The Morgan fingerprint density at radius 2 is 1.96 bits per heavy atom. The van der Waals surface area contributed by atoms with Gasteiger partial charge < -0.3 is 14.4 Å². The van der Waals surface area contributed by atoms with E-state index in [0.717, 1.165) is 10.1 Å². The van der Waals surface area contributed by atoms with Gasteiger partial charge in [-0.05, 0) is 30.2 Å². The summed E-state index contributed by atoms with van der Waals surface area (Å²) in [6, 6.07) is 9.89. The first-order valence-corrected chi connectivity index (χ1v) is 8.35. The lowest BCUT2D eigenvalue weighted by Crippen LogP contribution is -2.28. The molecule has 0 spiro atoms. The Balaban J connectivity index is 2.09. The van der Waals surface area contributed by atoms with E-state index < -0.39 is 16.0 Å². The van der Waals surface area contributed by atoms with E-state index in [1.807, 2.05) is 18.2 Å². The summed E-state index contributed by atoms with van der Waals surface area (Å²) < 4.78 is 33.4. The van der Waals surface area contributed by atoms with Gasteiger partial charge in [0.15, 0.2) is 5.03 Å². The van der Waals surface area contributed by atoms with Crippen molar-refractivity contribution in [3.8, 4) is 5.75 Å². The summed E-state index contributed by atoms with van der Waals surface area (Å²) in [5, 5.41) is 8.89. The molecule has 0 atom stereocenters. The molecule has 2 N–H and O–H groups in total. The molecule has 0 saturated carbocycles. The number of hydrogen-bond acceptors (Lipinski definition) is 4. The highest BCUT2D eigenvalue weighted by molar-refractivity contribution is 7.89. The predicted molar refractivity (Wildman–Crippen MR) is 84.3 cm³/mol. The van der Waals surface area contributed by atoms with E-state index in [1.54, 1.807) is 13.2 Å². The molecule has 0 unspecified atom stereocenters. The number of aromatic nitrogens is 1. The second kappa shape index (κ2) is 6.84. The molecule has 8 heteroatoms. The number of hydrogen-bond donors (Lipinski definition) is 2. The third kappa shape index (κ3) is 3.72. The minimum atomic E-state index is -3.78. The van der Waals surface area contributed by atoms with Gasteiger partial charge in [0.1, 0.15) is 11.4 Å². The second-order valence-corrected chi connectivity index (χ2v) is 6.59. The van der Waals surface area contributed by atoms with Crippen LogP contribution in [0.15, 0.2) is 41.4 Å². The van der Waals surface area contributed by atoms with E-state index >= 15 is 0 Å². The van der Waals surface area contributed by atoms with Crippen molar-refractivity contribution in [3.05, 3.63) is 47.7 Å². The number of benzene rings is 1. The van der Waals surface area contributed by atoms with E-state index in [0.29, 0.717) is 12.2 Å². The van der Waals surface area contributed by atoms with Crippen LogP contribution in [-0.4, -0.2) is 37.7 Å². The van der Waals surface area contributed by atoms with Crippen LogP contribution in [0.25, 0.3) is 0 Å². The van der Waals surface area contributed by atoms with Crippen LogP contribution in [0.1, 0.15) is 16.1 Å². The number of aromatic carboxylic acids is 1. The standard InChI is InChI=1S/C15H18N2O5S/c1-17-12(15(18)19)7-8-14(17)23(20,21)16-10-9-11-5-3-4-6-13(11)22-2/h3-8,16H,9-10H2,1-2H3,(H,18,19). The Labute approximate surface area is 134 Å². The molecule has 0 amide bonds. The van der Waals surface area contributed by atoms with Crippen molar-refractivity contribution in [2.45, 2.75) is 11.4 Å². The van der Waals surface area contributed by atoms with E-state index in [9.17, 15) is 13.2 Å². The molecule has 124 valence electrons. The molecule has 0 fully saturated rings. The maximum atomic E-state index is 12.3. The van der Waals surface area contributed by atoms with Crippen molar-refractivity contribution in [2.75, 3.05) is 13.7 Å². The van der Waals surface area contributed by atoms with Crippen molar-refractivity contribution < 1.29 is 23.1 Å². The molecule has 0 bridgehead atoms. The Hall–Kier alpha value is -2.32. The van der Waals surface area contributed by atoms with Crippen LogP contribution in [0.2, 0.25) is 0 Å². The van der Waals surface area contributed by atoms with E-state index in [2.05, 4.69) is 4.72 Å². The number of para-hydroxylation sites is 1. The minimum Gasteiger partial charge on any atom is -0.496 e. The summed E-state index contributed by atoms with van der Waals surface area (Å²) in [5.41, 5.74) is 0.797. The van der Waals surface area contributed by atoms with Gasteiger partial charge in [-0.3, -0.25) is 0 Å². The topological polar surface area (TPSA) is 97.6 Å². The molecule has 0 radical (unpaired) electrons. The SMILES string of the molecule is COc1ccccc1CCNS(=O)(=O)c1ccc(C(=O)O)n1C. The average Bonchev–Trinajstić information content (AvgIpc) is 2.90. The minimum absolute atomic E-state index is 0.0879. The van der Waals surface area contributed by atoms with Gasteiger partial charge in [-0.15, -0.1) is 0 Å². The number of carbonyl (C=O) groups is 1. The molecule has 1 heterocycles. The molecule has 0 aliphatic rings. The van der Waals surface area contributed by atoms with Crippen LogP contribution in [0, 0.1) is 0 Å². The largest absolute Gasteiger partial charge is 0.496 e. The number of carboxylic acids is 1. The van der Waals surface area contributed by atoms with Gasteiger partial charge in [0.2, 0.25) is 0 Å². The van der Waals surface area contributed by atoms with E-state index in [4.69, 9.17) is 9.84 Å². The van der Waals surface area contributed by atoms with Crippen LogP contribution in [0.3, 0.4) is 0 Å². The fourth-order valence-corrected chi connectivity index (χ4v) is 3.51. The normalized spacial score (nSPS) is 11.4. The van der Waals surface area contributed by atoms with Crippen LogP contribution in [-0.2, 0) is 23.5 Å². The molecule has 2 rings (SSSR count). The number of carboxylic acid groups (broad SMARTS) is 1. The third-order valence-corrected chi connectivity index (χ3v) is 4.99. The fourth-order valence-electron chi connectivity index (χ4n) is 2.28. The van der Waals surface area contributed by atoms with Gasteiger partial charge in [-0.25, -0.2) is 17.9 Å². The summed E-state index contributed by atoms with van der Waals surface area (Å²) in [5.74, 6) is -0.485. The maximum absolute atomic E-state index is 12.3. The van der Waals surface area contributed by atoms with Crippen molar-refractivity contribution in [1.29, 1.82) is 0 Å². The van der Waals surface area contributed by atoms with Crippen LogP contribution < -0.4 is 9.46 Å². The monoisotopic (exact) mass is 338 g/mol. The zero-order valence-electron chi connectivity index (χ0n) is 12.8. The van der Waals surface area contributed by atoms with Gasteiger partial charge in [0.05, 0.1) is 7.11 Å². The smallest absolute Gasteiger partial charge is 0.352 e. The van der Waals surface area contributed by atoms with Crippen LogP contribution in [0.4, 0.5) is 0 Å². The molecule has 7 nitrogen and oxygen atoms in total. The highest BCUT2D eigenvalue weighted by Crippen LogP contribution is 2.18. The number of ether oxygens (including phenoxy) is 1. The van der Waals surface area contributed by atoms with Crippen LogP contribution in [0.5, 0.6) is 5.75 Å². The molecular formula is C15H18N2O5S. The number of nitrogens with one attached hydrogen (secondary N) is 1. The molecular weight excluding hydrogens is 320 g/mol. The van der Waals surface area contributed by atoms with Crippen LogP contribution >= 0.6 is 0 Å². The Bertz CT molecular complexity index is 811. The van der Waals surface area contributed by atoms with E-state index in [-0.39, 0.29) is 17.3 Å². The lowest BCUT2D eigenvalue weighted by atomic mass is 10.1.